The Bertz CT molecular complexity index is 372. The number of allylic oxidation sites excluding steroid dienone is 1. The van der Waals surface area contributed by atoms with Gasteiger partial charge in [0.05, 0.1) is 18.8 Å². The van der Waals surface area contributed by atoms with E-state index in [9.17, 15) is 0 Å². The van der Waals surface area contributed by atoms with Gasteiger partial charge in [-0.3, -0.25) is 0 Å². The molecule has 0 rings (SSSR count). The first-order valence-electron chi connectivity index (χ1n) is 5.24. The maximum atomic E-state index is 8.88. The van der Waals surface area contributed by atoms with Gasteiger partial charge in [-0.1, -0.05) is 24.0 Å². The fraction of sp³-hybridized carbons (Fsp3) is 0.429. The van der Waals surface area contributed by atoms with Gasteiger partial charge in [-0.2, -0.15) is 0 Å². The second-order valence-corrected chi connectivity index (χ2v) is 3.76. The molecule has 0 aliphatic rings. The van der Waals surface area contributed by atoms with Gasteiger partial charge in [-0.25, -0.2) is 0 Å². The molecule has 1 unspecified atom stereocenters. The fourth-order valence-electron chi connectivity index (χ4n) is 0.672. The number of aliphatic hydroxyl groups excluding tert-OH is 2. The quantitative estimate of drug-likeness (QED) is 0.548. The number of hydrogen-bond donors (Lipinski definition) is 2. The first kappa shape index (κ1) is 15.5. The zero-order chi connectivity index (χ0) is 13.1. The Morgan fingerprint density at radius 1 is 1.41 bits per heavy atom. The van der Waals surface area contributed by atoms with Crippen LogP contribution in [0.15, 0.2) is 24.8 Å². The zero-order valence-electron chi connectivity index (χ0n) is 10.2. The standard InChI is InChI=1S/C14H18O3/c1-4-14(2,3)17-11-9-7-5-6-8-10-13(16)12-15/h4,7,9,13,15-16H,1,11-12H2,2-3H3. The molecule has 0 radical (unpaired) electrons. The van der Waals surface area contributed by atoms with Crippen LogP contribution in [0, 0.1) is 23.7 Å². The van der Waals surface area contributed by atoms with Crippen LogP contribution < -0.4 is 0 Å². The van der Waals surface area contributed by atoms with Gasteiger partial charge in [0, 0.05) is 0 Å². The van der Waals surface area contributed by atoms with Crippen LogP contribution >= 0.6 is 0 Å². The Morgan fingerprint density at radius 2 is 2.12 bits per heavy atom. The lowest BCUT2D eigenvalue weighted by Crippen LogP contribution is -2.20. The molecule has 0 bridgehead atoms. The lowest BCUT2D eigenvalue weighted by Gasteiger charge is -2.19. The van der Waals surface area contributed by atoms with Crippen LogP contribution in [0.2, 0.25) is 0 Å². The van der Waals surface area contributed by atoms with E-state index in [1.807, 2.05) is 13.8 Å². The molecule has 0 saturated heterocycles. The predicted octanol–water partition coefficient (Wildman–Crippen LogP) is 0.884. The summed E-state index contributed by atoms with van der Waals surface area (Å²) in [5.41, 5.74) is -0.344. The smallest absolute Gasteiger partial charge is 0.138 e. The van der Waals surface area contributed by atoms with Crippen LogP contribution in [0.3, 0.4) is 0 Å². The third kappa shape index (κ3) is 9.41. The number of aliphatic hydroxyl groups is 2. The molecule has 92 valence electrons. The van der Waals surface area contributed by atoms with E-state index in [2.05, 4.69) is 30.3 Å². The van der Waals surface area contributed by atoms with Gasteiger partial charge >= 0.3 is 0 Å². The minimum atomic E-state index is -1.02. The van der Waals surface area contributed by atoms with Gasteiger partial charge in [-0.05, 0) is 31.8 Å². The fourth-order valence-corrected chi connectivity index (χ4v) is 0.672. The molecule has 0 spiro atoms. The Kier molecular flexibility index (Phi) is 7.84. The largest absolute Gasteiger partial charge is 0.393 e. The SMILES string of the molecule is C=CC(C)(C)OCC=CC#CC#CC(O)CO. The summed E-state index contributed by atoms with van der Waals surface area (Å²) in [5.74, 6) is 9.97. The van der Waals surface area contributed by atoms with E-state index in [0.717, 1.165) is 0 Å². The number of hydrogen-bond acceptors (Lipinski definition) is 3. The molecule has 0 aromatic rings. The molecule has 0 amide bonds. The highest BCUT2D eigenvalue weighted by Crippen LogP contribution is 2.08. The van der Waals surface area contributed by atoms with E-state index in [1.54, 1.807) is 18.2 Å². The zero-order valence-corrected chi connectivity index (χ0v) is 10.2. The third-order valence-electron chi connectivity index (χ3n) is 1.79. The van der Waals surface area contributed by atoms with Crippen molar-refractivity contribution in [3.05, 3.63) is 24.8 Å². The highest BCUT2D eigenvalue weighted by molar-refractivity contribution is 5.31. The van der Waals surface area contributed by atoms with E-state index in [4.69, 9.17) is 14.9 Å². The van der Waals surface area contributed by atoms with Crippen molar-refractivity contribution in [3.8, 4) is 23.7 Å². The molecular weight excluding hydrogens is 216 g/mol. The van der Waals surface area contributed by atoms with Gasteiger partial charge in [0.1, 0.15) is 6.10 Å². The molecule has 2 N–H and O–H groups in total. The van der Waals surface area contributed by atoms with Crippen molar-refractivity contribution in [1.29, 1.82) is 0 Å². The van der Waals surface area contributed by atoms with Crippen LogP contribution in [-0.2, 0) is 4.74 Å². The summed E-state index contributed by atoms with van der Waals surface area (Å²) in [6.45, 7) is 7.56. The number of rotatable bonds is 5. The summed E-state index contributed by atoms with van der Waals surface area (Å²) in [6.07, 6.45) is 4.10. The molecular formula is C14H18O3. The van der Waals surface area contributed by atoms with Crippen molar-refractivity contribution in [3.63, 3.8) is 0 Å². The average molecular weight is 234 g/mol. The Balaban J connectivity index is 3.92. The number of ether oxygens (including phenoxy) is 1. The monoisotopic (exact) mass is 234 g/mol. The lowest BCUT2D eigenvalue weighted by molar-refractivity contribution is 0.0393. The van der Waals surface area contributed by atoms with Crippen LogP contribution in [-0.4, -0.2) is 35.1 Å². The maximum absolute atomic E-state index is 8.88. The summed E-state index contributed by atoms with van der Waals surface area (Å²) in [5, 5.41) is 17.3. The van der Waals surface area contributed by atoms with Crippen molar-refractivity contribution in [2.75, 3.05) is 13.2 Å². The van der Waals surface area contributed by atoms with Crippen LogP contribution in [0.25, 0.3) is 0 Å². The summed E-state index contributed by atoms with van der Waals surface area (Å²) >= 11 is 0. The van der Waals surface area contributed by atoms with E-state index >= 15 is 0 Å². The first-order valence-corrected chi connectivity index (χ1v) is 5.24. The second kappa shape index (κ2) is 8.61. The molecule has 0 aliphatic heterocycles. The van der Waals surface area contributed by atoms with Crippen LogP contribution in [0.4, 0.5) is 0 Å². The molecule has 1 atom stereocenters. The molecule has 0 aromatic carbocycles. The van der Waals surface area contributed by atoms with Crippen molar-refractivity contribution < 1.29 is 14.9 Å². The van der Waals surface area contributed by atoms with Crippen molar-refractivity contribution in [2.45, 2.75) is 25.6 Å². The highest BCUT2D eigenvalue weighted by atomic mass is 16.5. The molecule has 0 heterocycles. The van der Waals surface area contributed by atoms with Gasteiger partial charge in [0.2, 0.25) is 0 Å². The van der Waals surface area contributed by atoms with E-state index in [0.29, 0.717) is 6.61 Å². The maximum Gasteiger partial charge on any atom is 0.138 e. The summed E-state index contributed by atoms with van der Waals surface area (Å²) in [7, 11) is 0. The third-order valence-corrected chi connectivity index (χ3v) is 1.79. The summed E-state index contributed by atoms with van der Waals surface area (Å²) in [6, 6.07) is 0. The van der Waals surface area contributed by atoms with E-state index < -0.39 is 6.10 Å². The van der Waals surface area contributed by atoms with E-state index in [1.165, 1.54) is 0 Å². The minimum absolute atomic E-state index is 0.344. The normalized spacial score (nSPS) is 12.2. The van der Waals surface area contributed by atoms with Gasteiger partial charge in [0.15, 0.2) is 0 Å². The van der Waals surface area contributed by atoms with E-state index in [-0.39, 0.29) is 12.2 Å². The molecule has 0 aromatic heterocycles. The minimum Gasteiger partial charge on any atom is -0.393 e. The highest BCUT2D eigenvalue weighted by Gasteiger charge is 2.10. The molecule has 0 fully saturated rings. The summed E-state index contributed by atoms with van der Waals surface area (Å²) < 4.78 is 5.46. The van der Waals surface area contributed by atoms with Crippen molar-refractivity contribution in [1.82, 2.24) is 0 Å². The Hall–Kier alpha value is -1.52. The topological polar surface area (TPSA) is 49.7 Å². The first-order chi connectivity index (χ1) is 8.02. The van der Waals surface area contributed by atoms with Crippen LogP contribution in [0.1, 0.15) is 13.8 Å². The van der Waals surface area contributed by atoms with Crippen molar-refractivity contribution in [2.24, 2.45) is 0 Å². The molecule has 0 aliphatic carbocycles. The molecule has 17 heavy (non-hydrogen) atoms. The van der Waals surface area contributed by atoms with Gasteiger partial charge in [0.25, 0.3) is 0 Å². The second-order valence-electron chi connectivity index (χ2n) is 3.76. The lowest BCUT2D eigenvalue weighted by atomic mass is 10.1. The van der Waals surface area contributed by atoms with Crippen LogP contribution in [0.5, 0.6) is 0 Å². The Morgan fingerprint density at radius 3 is 2.71 bits per heavy atom. The van der Waals surface area contributed by atoms with Crippen molar-refractivity contribution >= 4 is 0 Å². The Labute approximate surface area is 103 Å². The molecule has 0 saturated carbocycles. The van der Waals surface area contributed by atoms with Gasteiger partial charge < -0.3 is 14.9 Å². The molecule has 3 heteroatoms. The predicted molar refractivity (Wildman–Crippen MR) is 68.0 cm³/mol. The van der Waals surface area contributed by atoms with Gasteiger partial charge in [-0.15, -0.1) is 6.58 Å². The summed E-state index contributed by atoms with van der Waals surface area (Å²) in [4.78, 5) is 0. The average Bonchev–Trinajstić information content (AvgIpc) is 2.32. The molecule has 3 nitrogen and oxygen atoms in total.